The van der Waals surface area contributed by atoms with Crippen molar-refractivity contribution in [3.63, 3.8) is 0 Å². The van der Waals surface area contributed by atoms with Gasteiger partial charge in [-0.2, -0.15) is 0 Å². The third-order valence-electron chi connectivity index (χ3n) is 3.21. The van der Waals surface area contributed by atoms with Crippen LogP contribution in [0.1, 0.15) is 47.5 Å². The van der Waals surface area contributed by atoms with Crippen LogP contribution in [0.2, 0.25) is 0 Å². The highest BCUT2D eigenvalue weighted by atomic mass is 16.3. The molecule has 0 aromatic heterocycles. The molecule has 98 valence electrons. The molecule has 0 radical (unpaired) electrons. The van der Waals surface area contributed by atoms with Crippen LogP contribution < -0.4 is 5.73 Å². The van der Waals surface area contributed by atoms with Gasteiger partial charge >= 0.3 is 0 Å². The lowest BCUT2D eigenvalue weighted by atomic mass is 10.0. The summed E-state index contributed by atoms with van der Waals surface area (Å²) in [4.78, 5) is 2.40. The summed E-state index contributed by atoms with van der Waals surface area (Å²) < 4.78 is 0. The van der Waals surface area contributed by atoms with Crippen LogP contribution in [0, 0.1) is 5.92 Å². The van der Waals surface area contributed by atoms with Crippen LogP contribution in [0.5, 0.6) is 0 Å². The number of hydrogen-bond donors (Lipinski definition) is 2. The molecule has 0 amide bonds. The molecular weight excluding hydrogens is 200 g/mol. The van der Waals surface area contributed by atoms with Gasteiger partial charge in [0.25, 0.3) is 0 Å². The Morgan fingerprint density at radius 2 is 1.62 bits per heavy atom. The van der Waals surface area contributed by atoms with Gasteiger partial charge in [0.15, 0.2) is 0 Å². The van der Waals surface area contributed by atoms with Crippen molar-refractivity contribution >= 4 is 0 Å². The van der Waals surface area contributed by atoms with Gasteiger partial charge in [0, 0.05) is 24.7 Å². The van der Waals surface area contributed by atoms with Crippen LogP contribution in [0.3, 0.4) is 0 Å². The zero-order valence-electron chi connectivity index (χ0n) is 11.6. The number of aliphatic hydroxyl groups excluding tert-OH is 1. The molecule has 2 atom stereocenters. The molecule has 0 spiro atoms. The van der Waals surface area contributed by atoms with Gasteiger partial charge in [0.2, 0.25) is 0 Å². The molecule has 3 nitrogen and oxygen atoms in total. The molecular formula is C13H30N2O. The third kappa shape index (κ3) is 4.81. The second-order valence-corrected chi connectivity index (χ2v) is 5.17. The van der Waals surface area contributed by atoms with Crippen molar-refractivity contribution in [3.05, 3.63) is 0 Å². The maximum absolute atomic E-state index is 9.50. The maximum atomic E-state index is 9.50. The largest absolute Gasteiger partial charge is 0.395 e. The van der Waals surface area contributed by atoms with E-state index >= 15 is 0 Å². The van der Waals surface area contributed by atoms with Gasteiger partial charge in [-0.25, -0.2) is 0 Å². The number of nitrogens with zero attached hydrogens (tertiary/aromatic N) is 1. The van der Waals surface area contributed by atoms with Crippen molar-refractivity contribution in [2.45, 2.75) is 65.6 Å². The average molecular weight is 230 g/mol. The third-order valence-corrected chi connectivity index (χ3v) is 3.21. The van der Waals surface area contributed by atoms with E-state index in [0.29, 0.717) is 12.0 Å². The van der Waals surface area contributed by atoms with Gasteiger partial charge in [-0.3, -0.25) is 4.90 Å². The second kappa shape index (κ2) is 8.04. The van der Waals surface area contributed by atoms with Crippen LogP contribution in [0.15, 0.2) is 0 Å². The minimum Gasteiger partial charge on any atom is -0.395 e. The van der Waals surface area contributed by atoms with E-state index in [9.17, 15) is 5.11 Å². The Labute approximate surface area is 101 Å². The fraction of sp³-hybridized carbons (Fsp3) is 1.00. The predicted molar refractivity (Wildman–Crippen MR) is 70.4 cm³/mol. The Bertz CT molecular complexity index is 167. The summed E-state index contributed by atoms with van der Waals surface area (Å²) in [6.45, 7) is 12.0. The molecule has 3 N–H and O–H groups in total. The topological polar surface area (TPSA) is 49.5 Å². The molecule has 3 heteroatoms. The summed E-state index contributed by atoms with van der Waals surface area (Å²) in [6.07, 6.45) is 2.24. The van der Waals surface area contributed by atoms with Crippen molar-refractivity contribution in [1.29, 1.82) is 0 Å². The summed E-state index contributed by atoms with van der Waals surface area (Å²) in [5.41, 5.74) is 5.97. The molecule has 0 bridgehead atoms. The van der Waals surface area contributed by atoms with Crippen molar-refractivity contribution in [3.8, 4) is 0 Å². The molecule has 0 rings (SSSR count). The molecule has 0 aliphatic carbocycles. The highest BCUT2D eigenvalue weighted by molar-refractivity contribution is 4.83. The van der Waals surface area contributed by atoms with E-state index < -0.39 is 0 Å². The van der Waals surface area contributed by atoms with Crippen LogP contribution in [0.4, 0.5) is 0 Å². The summed E-state index contributed by atoms with van der Waals surface area (Å²) in [7, 11) is 0. The van der Waals surface area contributed by atoms with Crippen molar-refractivity contribution in [2.24, 2.45) is 11.7 Å². The molecule has 0 heterocycles. The Kier molecular flexibility index (Phi) is 7.98. The first kappa shape index (κ1) is 15.9. The van der Waals surface area contributed by atoms with Gasteiger partial charge in [-0.05, 0) is 25.7 Å². The molecule has 0 aromatic carbocycles. The molecule has 0 aromatic rings. The molecule has 0 saturated heterocycles. The number of nitrogens with two attached hydrogens (primary N) is 1. The monoisotopic (exact) mass is 230 g/mol. The van der Waals surface area contributed by atoms with E-state index in [-0.39, 0.29) is 18.7 Å². The predicted octanol–water partition coefficient (Wildman–Crippen LogP) is 1.84. The van der Waals surface area contributed by atoms with Gasteiger partial charge in [0.05, 0.1) is 6.61 Å². The summed E-state index contributed by atoms with van der Waals surface area (Å²) in [5.74, 6) is 0.605. The normalized spacial score (nSPS) is 16.1. The zero-order chi connectivity index (χ0) is 12.7. The lowest BCUT2D eigenvalue weighted by molar-refractivity contribution is 0.0557. The lowest BCUT2D eigenvalue weighted by Gasteiger charge is -2.39. The molecule has 16 heavy (non-hydrogen) atoms. The maximum Gasteiger partial charge on any atom is 0.0601 e. The molecule has 2 unspecified atom stereocenters. The van der Waals surface area contributed by atoms with E-state index in [1.807, 2.05) is 6.92 Å². The lowest BCUT2D eigenvalue weighted by Crippen LogP contribution is -2.53. The molecule has 0 saturated carbocycles. The van der Waals surface area contributed by atoms with Crippen LogP contribution in [-0.4, -0.2) is 41.3 Å². The zero-order valence-corrected chi connectivity index (χ0v) is 11.6. The van der Waals surface area contributed by atoms with Crippen molar-refractivity contribution in [2.75, 3.05) is 13.2 Å². The van der Waals surface area contributed by atoms with Crippen molar-refractivity contribution < 1.29 is 5.11 Å². The van der Waals surface area contributed by atoms with Gasteiger partial charge < -0.3 is 10.8 Å². The average Bonchev–Trinajstić information content (AvgIpc) is 2.18. The first-order chi connectivity index (χ1) is 7.47. The minimum absolute atomic E-state index is 0.0179. The van der Waals surface area contributed by atoms with Crippen LogP contribution >= 0.6 is 0 Å². The van der Waals surface area contributed by atoms with Gasteiger partial charge in [0.1, 0.15) is 0 Å². The Morgan fingerprint density at radius 1 is 1.12 bits per heavy atom. The first-order valence-corrected chi connectivity index (χ1v) is 6.59. The van der Waals surface area contributed by atoms with E-state index in [4.69, 9.17) is 5.73 Å². The highest BCUT2D eigenvalue weighted by Gasteiger charge is 2.26. The number of hydrogen-bond acceptors (Lipinski definition) is 3. The summed E-state index contributed by atoms with van der Waals surface area (Å²) in [5, 5.41) is 9.50. The van der Waals surface area contributed by atoms with Gasteiger partial charge in [-0.1, -0.05) is 27.7 Å². The second-order valence-electron chi connectivity index (χ2n) is 5.17. The van der Waals surface area contributed by atoms with E-state index in [2.05, 4.69) is 32.6 Å². The Hall–Kier alpha value is -0.120. The standard InChI is InChI=1S/C13H30N2O/c1-6-12(7-2)15(8-10(3)4)13(9-16)11(5)14/h10-13,16H,6-9,14H2,1-5H3. The van der Waals surface area contributed by atoms with E-state index in [1.165, 1.54) is 0 Å². The Morgan fingerprint density at radius 3 is 1.88 bits per heavy atom. The van der Waals surface area contributed by atoms with E-state index in [0.717, 1.165) is 19.4 Å². The fourth-order valence-electron chi connectivity index (χ4n) is 2.31. The van der Waals surface area contributed by atoms with Crippen molar-refractivity contribution in [1.82, 2.24) is 4.90 Å². The minimum atomic E-state index is 0.0179. The summed E-state index contributed by atoms with van der Waals surface area (Å²) in [6, 6.07) is 0.641. The number of rotatable bonds is 8. The first-order valence-electron chi connectivity index (χ1n) is 6.59. The quantitative estimate of drug-likeness (QED) is 0.669. The molecule has 0 aliphatic heterocycles. The van der Waals surface area contributed by atoms with Crippen LogP contribution in [0.25, 0.3) is 0 Å². The number of aliphatic hydroxyl groups is 1. The fourth-order valence-corrected chi connectivity index (χ4v) is 2.31. The molecule has 0 fully saturated rings. The smallest absolute Gasteiger partial charge is 0.0601 e. The summed E-state index contributed by atoms with van der Waals surface area (Å²) >= 11 is 0. The Balaban J connectivity index is 4.73. The highest BCUT2D eigenvalue weighted by Crippen LogP contribution is 2.16. The molecule has 0 aliphatic rings. The SMILES string of the molecule is CCC(CC)N(CC(C)C)C(CO)C(C)N. The van der Waals surface area contributed by atoms with Crippen LogP contribution in [-0.2, 0) is 0 Å². The van der Waals surface area contributed by atoms with E-state index in [1.54, 1.807) is 0 Å². The van der Waals surface area contributed by atoms with Gasteiger partial charge in [-0.15, -0.1) is 0 Å².